The molecule has 0 radical (unpaired) electrons. The van der Waals surface area contributed by atoms with Gasteiger partial charge in [-0.2, -0.15) is 0 Å². The maximum atomic E-state index is 5.45. The van der Waals surface area contributed by atoms with E-state index in [1.54, 1.807) is 11.8 Å². The van der Waals surface area contributed by atoms with E-state index in [1.807, 2.05) is 11.5 Å². The molecular weight excluding hydrogens is 108 g/mol. The lowest BCUT2D eigenvalue weighted by Gasteiger charge is -2.11. The summed E-state index contributed by atoms with van der Waals surface area (Å²) in [6, 6.07) is 0. The number of thioether (sulfide) groups is 1. The minimum atomic E-state index is -0.523. The van der Waals surface area contributed by atoms with Crippen LogP contribution in [0, 0.1) is 0 Å². The molecule has 1 aliphatic heterocycles. The van der Waals surface area contributed by atoms with Crippen molar-refractivity contribution < 1.29 is 0 Å². The summed E-state index contributed by atoms with van der Waals surface area (Å²) in [4.78, 5) is 0. The Bertz CT molecular complexity index is 97.9. The molecule has 7 heavy (non-hydrogen) atoms. The Balaban J connectivity index is 2.57. The van der Waals surface area contributed by atoms with Crippen LogP contribution in [0.1, 0.15) is 0 Å². The Morgan fingerprint density at radius 2 is 2.29 bits per heavy atom. The second kappa shape index (κ2) is 1.51. The highest BCUT2D eigenvalue weighted by Gasteiger charge is 2.17. The summed E-state index contributed by atoms with van der Waals surface area (Å²) in [6.07, 6.45) is 1.82. The van der Waals surface area contributed by atoms with E-state index < -0.39 is 5.66 Å². The molecular formula is C4H8N2S. The minimum absolute atomic E-state index is 0.523. The molecule has 1 rings (SSSR count). The van der Waals surface area contributed by atoms with Crippen molar-refractivity contribution >= 4 is 11.8 Å². The maximum absolute atomic E-state index is 5.45. The Morgan fingerprint density at radius 3 is 2.43 bits per heavy atom. The van der Waals surface area contributed by atoms with Gasteiger partial charge in [-0.3, -0.25) is 0 Å². The topological polar surface area (TPSA) is 52.0 Å². The van der Waals surface area contributed by atoms with E-state index in [0.717, 1.165) is 5.75 Å². The van der Waals surface area contributed by atoms with Crippen LogP contribution in [0.15, 0.2) is 11.5 Å². The average molecular weight is 116 g/mol. The SMILES string of the molecule is NC1(N)C=CSC1. The molecule has 0 unspecified atom stereocenters. The Morgan fingerprint density at radius 1 is 1.57 bits per heavy atom. The summed E-state index contributed by atoms with van der Waals surface area (Å²) in [5.74, 6) is 0.812. The van der Waals surface area contributed by atoms with Crippen LogP contribution in [0.3, 0.4) is 0 Å². The molecule has 0 aliphatic carbocycles. The van der Waals surface area contributed by atoms with E-state index in [2.05, 4.69) is 0 Å². The van der Waals surface area contributed by atoms with Gasteiger partial charge in [-0.15, -0.1) is 11.8 Å². The number of nitrogens with two attached hydrogens (primary N) is 2. The first-order valence-corrected chi connectivity index (χ1v) is 3.13. The van der Waals surface area contributed by atoms with Gasteiger partial charge in [-0.05, 0) is 11.5 Å². The standard InChI is InChI=1S/C4H8N2S/c5-4(6)1-2-7-3-4/h1-2H,3,5-6H2. The van der Waals surface area contributed by atoms with Gasteiger partial charge in [0.05, 0.1) is 5.66 Å². The molecule has 0 fully saturated rings. The van der Waals surface area contributed by atoms with Crippen molar-refractivity contribution in [1.82, 2.24) is 0 Å². The van der Waals surface area contributed by atoms with Gasteiger partial charge < -0.3 is 11.5 Å². The molecule has 0 aromatic heterocycles. The molecule has 0 aromatic carbocycles. The predicted octanol–water partition coefficient (Wildman–Crippen LogP) is -0.139. The fourth-order valence-corrected chi connectivity index (χ4v) is 1.25. The van der Waals surface area contributed by atoms with E-state index in [-0.39, 0.29) is 0 Å². The van der Waals surface area contributed by atoms with Crippen molar-refractivity contribution in [2.75, 3.05) is 5.75 Å². The van der Waals surface area contributed by atoms with Crippen LogP contribution in [-0.4, -0.2) is 11.4 Å². The van der Waals surface area contributed by atoms with Crippen molar-refractivity contribution in [3.8, 4) is 0 Å². The quantitative estimate of drug-likeness (QED) is 0.433. The van der Waals surface area contributed by atoms with E-state index in [1.165, 1.54) is 0 Å². The third-order valence-electron chi connectivity index (χ3n) is 0.808. The van der Waals surface area contributed by atoms with Crippen LogP contribution in [0.2, 0.25) is 0 Å². The third kappa shape index (κ3) is 1.19. The van der Waals surface area contributed by atoms with Crippen LogP contribution >= 0.6 is 11.8 Å². The van der Waals surface area contributed by atoms with Crippen LogP contribution in [0.25, 0.3) is 0 Å². The maximum Gasteiger partial charge on any atom is 0.0932 e. The Hall–Kier alpha value is 0.01000. The van der Waals surface area contributed by atoms with Gasteiger partial charge in [0.15, 0.2) is 0 Å². The van der Waals surface area contributed by atoms with Crippen LogP contribution in [0.5, 0.6) is 0 Å². The van der Waals surface area contributed by atoms with Gasteiger partial charge >= 0.3 is 0 Å². The lowest BCUT2D eigenvalue weighted by molar-refractivity contribution is 0.637. The van der Waals surface area contributed by atoms with E-state index in [9.17, 15) is 0 Å². The van der Waals surface area contributed by atoms with Crippen molar-refractivity contribution in [3.05, 3.63) is 11.5 Å². The highest BCUT2D eigenvalue weighted by Crippen LogP contribution is 2.16. The van der Waals surface area contributed by atoms with Crippen molar-refractivity contribution in [2.45, 2.75) is 5.66 Å². The molecule has 0 aromatic rings. The van der Waals surface area contributed by atoms with Crippen molar-refractivity contribution in [1.29, 1.82) is 0 Å². The number of hydrogen-bond donors (Lipinski definition) is 2. The Kier molecular flexibility index (Phi) is 1.11. The van der Waals surface area contributed by atoms with Gasteiger partial charge in [0.25, 0.3) is 0 Å². The van der Waals surface area contributed by atoms with Crippen LogP contribution in [-0.2, 0) is 0 Å². The summed E-state index contributed by atoms with van der Waals surface area (Å²) in [7, 11) is 0. The zero-order chi connectivity index (χ0) is 5.33. The smallest absolute Gasteiger partial charge is 0.0932 e. The summed E-state index contributed by atoms with van der Waals surface area (Å²) in [6.45, 7) is 0. The largest absolute Gasteiger partial charge is 0.309 e. The lowest BCUT2D eigenvalue weighted by atomic mass is 10.2. The predicted molar refractivity (Wildman–Crippen MR) is 32.7 cm³/mol. The van der Waals surface area contributed by atoms with Gasteiger partial charge in [0, 0.05) is 5.75 Å². The average Bonchev–Trinajstić information content (AvgIpc) is 1.84. The van der Waals surface area contributed by atoms with Gasteiger partial charge in [-0.25, -0.2) is 0 Å². The molecule has 40 valence electrons. The molecule has 0 spiro atoms. The third-order valence-corrected chi connectivity index (χ3v) is 1.80. The highest BCUT2D eigenvalue weighted by atomic mass is 32.2. The molecule has 0 saturated heterocycles. The lowest BCUT2D eigenvalue weighted by Crippen LogP contribution is -2.47. The molecule has 0 atom stereocenters. The highest BCUT2D eigenvalue weighted by molar-refractivity contribution is 8.02. The van der Waals surface area contributed by atoms with E-state index >= 15 is 0 Å². The summed E-state index contributed by atoms with van der Waals surface area (Å²) < 4.78 is 0. The van der Waals surface area contributed by atoms with E-state index in [4.69, 9.17) is 11.5 Å². The van der Waals surface area contributed by atoms with Crippen LogP contribution in [0.4, 0.5) is 0 Å². The van der Waals surface area contributed by atoms with E-state index in [0.29, 0.717) is 0 Å². The second-order valence-corrected chi connectivity index (χ2v) is 2.62. The second-order valence-electron chi connectivity index (χ2n) is 1.73. The molecule has 1 aliphatic rings. The molecule has 0 amide bonds. The fraction of sp³-hybridized carbons (Fsp3) is 0.500. The number of rotatable bonds is 0. The first-order chi connectivity index (χ1) is 3.21. The summed E-state index contributed by atoms with van der Waals surface area (Å²) in [5, 5.41) is 1.93. The van der Waals surface area contributed by atoms with Gasteiger partial charge in [0.1, 0.15) is 0 Å². The number of hydrogen-bond acceptors (Lipinski definition) is 3. The molecule has 4 N–H and O–H groups in total. The van der Waals surface area contributed by atoms with Gasteiger partial charge in [-0.1, -0.05) is 0 Å². The first-order valence-electron chi connectivity index (χ1n) is 2.08. The van der Waals surface area contributed by atoms with Crippen LogP contribution < -0.4 is 11.5 Å². The Labute approximate surface area is 46.9 Å². The monoisotopic (exact) mass is 116 g/mol. The normalized spacial score (nSPS) is 26.0. The summed E-state index contributed by atoms with van der Waals surface area (Å²) >= 11 is 1.65. The summed E-state index contributed by atoms with van der Waals surface area (Å²) in [5.41, 5.74) is 10.4. The molecule has 2 nitrogen and oxygen atoms in total. The zero-order valence-electron chi connectivity index (χ0n) is 3.92. The molecule has 0 bridgehead atoms. The fourth-order valence-electron chi connectivity index (χ4n) is 0.415. The first kappa shape index (κ1) is 5.15. The van der Waals surface area contributed by atoms with Crippen molar-refractivity contribution in [3.63, 3.8) is 0 Å². The van der Waals surface area contributed by atoms with Crippen molar-refractivity contribution in [2.24, 2.45) is 11.5 Å². The zero-order valence-corrected chi connectivity index (χ0v) is 4.74. The molecule has 3 heteroatoms. The minimum Gasteiger partial charge on any atom is -0.309 e. The molecule has 0 saturated carbocycles. The molecule has 1 heterocycles. The van der Waals surface area contributed by atoms with Gasteiger partial charge in [0.2, 0.25) is 0 Å².